The van der Waals surface area contributed by atoms with E-state index in [9.17, 15) is 28.8 Å². The number of carbonyl (C=O) groups is 6. The molecule has 0 aromatic heterocycles. The molecule has 1 aliphatic heterocycles. The van der Waals surface area contributed by atoms with Gasteiger partial charge in [-0.1, -0.05) is 59.3 Å². The van der Waals surface area contributed by atoms with Crippen molar-refractivity contribution in [1.29, 1.82) is 0 Å². The molecule has 2 aliphatic carbocycles. The highest BCUT2D eigenvalue weighted by Crippen LogP contribution is 2.42. The maximum absolute atomic E-state index is 14.5. The maximum atomic E-state index is 14.5. The Morgan fingerprint density at radius 1 is 0.833 bits per heavy atom. The molecule has 2 saturated carbocycles. The smallest absolute Gasteiger partial charge is 0.329 e. The van der Waals surface area contributed by atoms with Crippen LogP contribution in [0.1, 0.15) is 113 Å². The van der Waals surface area contributed by atoms with Gasteiger partial charge in [0.05, 0.1) is 6.04 Å². The van der Waals surface area contributed by atoms with Crippen LogP contribution in [0.2, 0.25) is 0 Å². The number of ether oxygens (including phenoxy) is 1. The molecular formula is C34H55Cl2N5O7. The molecule has 48 heavy (non-hydrogen) atoms. The number of rotatable bonds is 12. The molecule has 14 heteroatoms. The molecule has 0 aromatic rings. The zero-order valence-electron chi connectivity index (χ0n) is 29.5. The van der Waals surface area contributed by atoms with Gasteiger partial charge < -0.3 is 31.3 Å². The zero-order chi connectivity index (χ0) is 36.2. The van der Waals surface area contributed by atoms with Crippen LogP contribution in [0.15, 0.2) is 0 Å². The summed E-state index contributed by atoms with van der Waals surface area (Å²) < 4.78 is 4.16. The van der Waals surface area contributed by atoms with E-state index in [0.717, 1.165) is 38.5 Å². The van der Waals surface area contributed by atoms with E-state index in [-0.39, 0.29) is 24.8 Å². The lowest BCUT2D eigenvalue weighted by atomic mass is 9.80. The number of nitrogens with zero attached hydrogens (tertiary/aromatic N) is 1. The molecule has 5 atom stereocenters. The minimum atomic E-state index is -1.42. The van der Waals surface area contributed by atoms with Crippen molar-refractivity contribution in [3.05, 3.63) is 0 Å². The van der Waals surface area contributed by atoms with Crippen molar-refractivity contribution in [2.45, 2.75) is 147 Å². The van der Waals surface area contributed by atoms with Gasteiger partial charge in [0.15, 0.2) is 0 Å². The average molecular weight is 717 g/mol. The number of nitrogens with two attached hydrogens (primary N) is 1. The summed E-state index contributed by atoms with van der Waals surface area (Å²) in [6, 6.07) is -5.07. The first-order valence-electron chi connectivity index (χ1n) is 17.2. The lowest BCUT2D eigenvalue weighted by molar-refractivity contribution is -0.160. The van der Waals surface area contributed by atoms with Crippen molar-refractivity contribution < 1.29 is 33.5 Å². The second-order valence-corrected chi connectivity index (χ2v) is 17.7. The summed E-state index contributed by atoms with van der Waals surface area (Å²) in [5.41, 5.74) is 3.84. The monoisotopic (exact) mass is 715 g/mol. The molecule has 1 heterocycles. The van der Waals surface area contributed by atoms with Crippen LogP contribution in [0.5, 0.6) is 0 Å². The van der Waals surface area contributed by atoms with Gasteiger partial charge in [0.25, 0.3) is 5.91 Å². The van der Waals surface area contributed by atoms with Crippen molar-refractivity contribution in [3.63, 3.8) is 0 Å². The molecule has 5 N–H and O–H groups in total. The van der Waals surface area contributed by atoms with Gasteiger partial charge in [0, 0.05) is 12.5 Å². The number of esters is 1. The molecule has 0 aromatic carbocycles. The second kappa shape index (κ2) is 16.0. The van der Waals surface area contributed by atoms with Crippen molar-refractivity contribution >= 4 is 58.7 Å². The van der Waals surface area contributed by atoms with E-state index < -0.39 is 80.9 Å². The molecular weight excluding hydrogens is 661 g/mol. The van der Waals surface area contributed by atoms with Crippen LogP contribution in [0, 0.1) is 23.2 Å². The fourth-order valence-electron chi connectivity index (χ4n) is 6.95. The number of halogens is 2. The minimum absolute atomic E-state index is 0.128. The number of urea groups is 1. The summed E-state index contributed by atoms with van der Waals surface area (Å²) >= 11 is 13.2. The topological polar surface area (TPSA) is 177 Å². The SMILES string of the molecule is CC(C)(C)OC(=O)[C@@H](NC(=O)N[C@H](C(=O)N1CC[C@H](C(C)(Cl)Cl)[C@H]1C(=O)NC(CC1CCC1)C(=O)C(N)=O)C1CCCCC1)C(C)(C)C. The summed E-state index contributed by atoms with van der Waals surface area (Å²) in [6.45, 7) is 12.3. The van der Waals surface area contributed by atoms with Crippen LogP contribution in [0.3, 0.4) is 0 Å². The second-order valence-electron chi connectivity index (χ2n) is 16.0. The molecule has 3 aliphatic rings. The first kappa shape index (κ1) is 39.8. The van der Waals surface area contributed by atoms with Gasteiger partial charge in [-0.05, 0) is 70.6 Å². The number of amides is 5. The van der Waals surface area contributed by atoms with E-state index in [0.29, 0.717) is 19.3 Å². The van der Waals surface area contributed by atoms with Gasteiger partial charge in [-0.2, -0.15) is 0 Å². The Bertz CT molecular complexity index is 1220. The number of hydrogen-bond donors (Lipinski definition) is 4. The summed E-state index contributed by atoms with van der Waals surface area (Å²) in [7, 11) is 0. The lowest BCUT2D eigenvalue weighted by Gasteiger charge is -2.38. The van der Waals surface area contributed by atoms with Gasteiger partial charge in [0.1, 0.15) is 28.1 Å². The molecule has 1 unspecified atom stereocenters. The molecule has 1 saturated heterocycles. The van der Waals surface area contributed by atoms with Crippen LogP contribution in [-0.2, 0) is 28.7 Å². The van der Waals surface area contributed by atoms with E-state index in [1.165, 1.54) is 4.90 Å². The molecule has 0 spiro atoms. The summed E-state index contributed by atoms with van der Waals surface area (Å²) in [4.78, 5) is 81.3. The highest BCUT2D eigenvalue weighted by atomic mass is 35.5. The van der Waals surface area contributed by atoms with E-state index >= 15 is 0 Å². The van der Waals surface area contributed by atoms with Gasteiger partial charge in [0.2, 0.25) is 17.6 Å². The number of carbonyl (C=O) groups excluding carboxylic acids is 6. The van der Waals surface area contributed by atoms with E-state index in [1.54, 1.807) is 48.5 Å². The third-order valence-corrected chi connectivity index (χ3v) is 10.3. The van der Waals surface area contributed by atoms with Gasteiger partial charge >= 0.3 is 12.0 Å². The predicted molar refractivity (Wildman–Crippen MR) is 183 cm³/mol. The Hall–Kier alpha value is -2.60. The number of hydrogen-bond acceptors (Lipinski definition) is 7. The Kier molecular flexibility index (Phi) is 13.2. The first-order valence-corrected chi connectivity index (χ1v) is 18.0. The maximum Gasteiger partial charge on any atom is 0.329 e. The highest BCUT2D eigenvalue weighted by Gasteiger charge is 2.51. The van der Waals surface area contributed by atoms with Gasteiger partial charge in [-0.3, -0.25) is 19.2 Å². The van der Waals surface area contributed by atoms with Crippen molar-refractivity contribution in [2.24, 2.45) is 28.9 Å². The summed E-state index contributed by atoms with van der Waals surface area (Å²) in [6.07, 6.45) is 7.39. The standard InChI is InChI=1S/C34H55Cl2N5O7/c1-32(2,3)26(30(46)48-33(4,5)6)40-31(47)39-23(20-14-9-8-10-15-20)29(45)41-17-16-21(34(7,35)36)24(41)28(44)38-22(25(42)27(37)43)18-19-12-11-13-19/h19-24,26H,8-18H2,1-7H3,(H2,37,43)(H,38,44)(H2,39,40,47)/t21-,22?,23-,24-,26+/m0/s1. The van der Waals surface area contributed by atoms with Crippen LogP contribution >= 0.6 is 23.2 Å². The van der Waals surface area contributed by atoms with E-state index in [2.05, 4.69) is 16.0 Å². The molecule has 0 bridgehead atoms. The van der Waals surface area contributed by atoms with E-state index in [1.807, 2.05) is 0 Å². The lowest BCUT2D eigenvalue weighted by Crippen LogP contribution is -2.62. The van der Waals surface area contributed by atoms with Crippen molar-refractivity contribution in [2.75, 3.05) is 6.54 Å². The summed E-state index contributed by atoms with van der Waals surface area (Å²) in [5.74, 6) is -4.58. The number of nitrogens with one attached hydrogen (secondary N) is 3. The third-order valence-electron chi connectivity index (χ3n) is 9.73. The largest absolute Gasteiger partial charge is 0.458 e. The molecule has 5 amide bonds. The number of Topliss-reactive ketones (excluding diaryl/α,β-unsaturated/α-hetero) is 1. The molecule has 3 rings (SSSR count). The van der Waals surface area contributed by atoms with E-state index in [4.69, 9.17) is 33.7 Å². The van der Waals surface area contributed by atoms with Crippen LogP contribution in [-0.4, -0.2) is 81.1 Å². The third kappa shape index (κ3) is 10.7. The van der Waals surface area contributed by atoms with Gasteiger partial charge in [-0.15, -0.1) is 23.2 Å². The van der Waals surface area contributed by atoms with Crippen molar-refractivity contribution in [3.8, 4) is 0 Å². The quantitative estimate of drug-likeness (QED) is 0.133. The Morgan fingerprint density at radius 2 is 1.44 bits per heavy atom. The number of alkyl halides is 2. The number of primary amides is 1. The normalized spacial score (nSPS) is 22.9. The summed E-state index contributed by atoms with van der Waals surface area (Å²) in [5, 5.41) is 8.30. The fraction of sp³-hybridized carbons (Fsp3) is 0.824. The molecule has 0 radical (unpaired) electrons. The van der Waals surface area contributed by atoms with Crippen molar-refractivity contribution in [1.82, 2.24) is 20.9 Å². The zero-order valence-corrected chi connectivity index (χ0v) is 31.0. The van der Waals surface area contributed by atoms with Crippen LogP contribution in [0.4, 0.5) is 4.79 Å². The Morgan fingerprint density at radius 3 is 1.92 bits per heavy atom. The average Bonchev–Trinajstić information content (AvgIpc) is 3.40. The predicted octanol–water partition coefficient (Wildman–Crippen LogP) is 4.13. The minimum Gasteiger partial charge on any atom is -0.458 e. The fourth-order valence-corrected chi connectivity index (χ4v) is 7.40. The number of likely N-dealkylation sites (tertiary alicyclic amines) is 1. The Balaban J connectivity index is 1.91. The first-order chi connectivity index (χ1) is 22.1. The molecule has 272 valence electrons. The number of ketones is 1. The van der Waals surface area contributed by atoms with Crippen LogP contribution < -0.4 is 21.7 Å². The molecule has 12 nitrogen and oxygen atoms in total. The highest BCUT2D eigenvalue weighted by molar-refractivity contribution is 6.48. The Labute approximate surface area is 294 Å². The molecule has 3 fully saturated rings. The van der Waals surface area contributed by atoms with Crippen LogP contribution in [0.25, 0.3) is 0 Å². The van der Waals surface area contributed by atoms with Gasteiger partial charge in [-0.25, -0.2) is 9.59 Å².